The summed E-state index contributed by atoms with van der Waals surface area (Å²) in [5.41, 5.74) is 5.20. The number of benzene rings is 2. The van der Waals surface area contributed by atoms with Gasteiger partial charge in [-0.25, -0.2) is 4.79 Å². The minimum Gasteiger partial charge on any atom is -0.496 e. The second-order valence-electron chi connectivity index (χ2n) is 6.83. The third-order valence-corrected chi connectivity index (χ3v) is 4.77. The Bertz CT molecular complexity index is 783. The van der Waals surface area contributed by atoms with E-state index in [-0.39, 0.29) is 5.97 Å². The summed E-state index contributed by atoms with van der Waals surface area (Å²) >= 11 is 0. The van der Waals surface area contributed by atoms with Crippen LogP contribution >= 0.6 is 0 Å². The average molecular weight is 370 g/mol. The predicted molar refractivity (Wildman–Crippen MR) is 109 cm³/mol. The topological polar surface area (TPSA) is 44.8 Å². The van der Waals surface area contributed by atoms with Crippen molar-refractivity contribution < 1.29 is 19.0 Å². The fraction of sp³-hybridized carbons (Fsp3) is 0.435. The van der Waals surface area contributed by atoms with Crippen molar-refractivity contribution in [1.29, 1.82) is 0 Å². The van der Waals surface area contributed by atoms with Crippen LogP contribution in [0.15, 0.2) is 24.3 Å². The maximum atomic E-state index is 12.5. The molecule has 2 aromatic rings. The van der Waals surface area contributed by atoms with Crippen molar-refractivity contribution in [3.05, 3.63) is 46.5 Å². The molecule has 0 unspecified atom stereocenters. The van der Waals surface area contributed by atoms with Crippen LogP contribution in [0.3, 0.4) is 0 Å². The van der Waals surface area contributed by atoms with E-state index in [1.165, 1.54) is 25.5 Å². The third kappa shape index (κ3) is 4.62. The first-order valence-corrected chi connectivity index (χ1v) is 9.41. The largest absolute Gasteiger partial charge is 0.496 e. The SMILES string of the molecule is CCCCCc1cc(OC)c(-c2cc(C)cc(C)c2C(=O)OC)c(OC)c1. The van der Waals surface area contributed by atoms with Crippen LogP contribution in [0.2, 0.25) is 0 Å². The van der Waals surface area contributed by atoms with Crippen molar-refractivity contribution in [2.75, 3.05) is 21.3 Å². The molecule has 0 N–H and O–H groups in total. The molecule has 0 radical (unpaired) electrons. The van der Waals surface area contributed by atoms with Crippen molar-refractivity contribution in [3.8, 4) is 22.6 Å². The Morgan fingerprint density at radius 3 is 2.07 bits per heavy atom. The first-order valence-electron chi connectivity index (χ1n) is 9.41. The maximum Gasteiger partial charge on any atom is 0.338 e. The minimum atomic E-state index is -0.362. The van der Waals surface area contributed by atoms with E-state index in [1.54, 1.807) is 14.2 Å². The molecule has 0 aromatic heterocycles. The Morgan fingerprint density at radius 2 is 1.56 bits per heavy atom. The average Bonchev–Trinajstić information content (AvgIpc) is 2.66. The predicted octanol–water partition coefficient (Wildman–Crippen LogP) is 5.51. The number of hydrogen-bond donors (Lipinski definition) is 0. The Kier molecular flexibility index (Phi) is 7.28. The van der Waals surface area contributed by atoms with E-state index >= 15 is 0 Å². The van der Waals surface area contributed by atoms with E-state index in [0.29, 0.717) is 17.1 Å². The van der Waals surface area contributed by atoms with Crippen LogP contribution in [0.25, 0.3) is 11.1 Å². The van der Waals surface area contributed by atoms with E-state index < -0.39 is 0 Å². The number of hydrogen-bond acceptors (Lipinski definition) is 4. The van der Waals surface area contributed by atoms with Gasteiger partial charge in [-0.2, -0.15) is 0 Å². The summed E-state index contributed by atoms with van der Waals surface area (Å²) in [7, 11) is 4.69. The number of carbonyl (C=O) groups excluding carboxylic acids is 1. The summed E-state index contributed by atoms with van der Waals surface area (Å²) in [5, 5.41) is 0. The fourth-order valence-electron chi connectivity index (χ4n) is 3.49. The molecular formula is C23H30O4. The zero-order chi connectivity index (χ0) is 20.0. The van der Waals surface area contributed by atoms with Crippen LogP contribution in [-0.4, -0.2) is 27.3 Å². The van der Waals surface area contributed by atoms with E-state index in [0.717, 1.165) is 35.1 Å². The second-order valence-corrected chi connectivity index (χ2v) is 6.83. The minimum absolute atomic E-state index is 0.362. The van der Waals surface area contributed by atoms with Crippen LogP contribution in [0.4, 0.5) is 0 Å². The zero-order valence-electron chi connectivity index (χ0n) is 17.3. The van der Waals surface area contributed by atoms with Gasteiger partial charge in [0, 0.05) is 5.56 Å². The lowest BCUT2D eigenvalue weighted by atomic mass is 9.91. The molecule has 0 amide bonds. The summed E-state index contributed by atoms with van der Waals surface area (Å²) in [6.45, 7) is 6.12. The van der Waals surface area contributed by atoms with E-state index in [9.17, 15) is 4.79 Å². The summed E-state index contributed by atoms with van der Waals surface area (Å²) in [6, 6.07) is 8.06. The highest BCUT2D eigenvalue weighted by Gasteiger charge is 2.23. The summed E-state index contributed by atoms with van der Waals surface area (Å²) < 4.78 is 16.4. The Hall–Kier alpha value is -2.49. The van der Waals surface area contributed by atoms with Gasteiger partial charge in [0.05, 0.1) is 32.5 Å². The highest BCUT2D eigenvalue weighted by molar-refractivity contribution is 6.01. The van der Waals surface area contributed by atoms with Gasteiger partial charge in [0.25, 0.3) is 0 Å². The molecule has 2 rings (SSSR count). The first-order chi connectivity index (χ1) is 13.0. The summed E-state index contributed by atoms with van der Waals surface area (Å²) in [6.07, 6.45) is 4.46. The van der Waals surface area contributed by atoms with Gasteiger partial charge < -0.3 is 14.2 Å². The fourth-order valence-corrected chi connectivity index (χ4v) is 3.49. The van der Waals surface area contributed by atoms with Gasteiger partial charge in [-0.15, -0.1) is 0 Å². The molecule has 0 aliphatic heterocycles. The number of rotatable bonds is 8. The van der Waals surface area contributed by atoms with Gasteiger partial charge >= 0.3 is 5.97 Å². The molecule has 0 spiro atoms. The molecule has 146 valence electrons. The quantitative estimate of drug-likeness (QED) is 0.454. The van der Waals surface area contributed by atoms with Crippen LogP contribution in [0.5, 0.6) is 11.5 Å². The smallest absolute Gasteiger partial charge is 0.338 e. The van der Waals surface area contributed by atoms with Crippen molar-refractivity contribution in [2.45, 2.75) is 46.5 Å². The molecule has 0 atom stereocenters. The first kappa shape index (κ1) is 20.8. The highest BCUT2D eigenvalue weighted by atomic mass is 16.5. The molecular weight excluding hydrogens is 340 g/mol. The summed E-state index contributed by atoms with van der Waals surface area (Å²) in [5.74, 6) is 1.05. The highest BCUT2D eigenvalue weighted by Crippen LogP contribution is 2.42. The van der Waals surface area contributed by atoms with Crippen molar-refractivity contribution in [2.24, 2.45) is 0 Å². The number of aryl methyl sites for hydroxylation is 3. The van der Waals surface area contributed by atoms with E-state index in [1.807, 2.05) is 38.1 Å². The number of ether oxygens (including phenoxy) is 3. The number of unbranched alkanes of at least 4 members (excludes halogenated alkanes) is 2. The van der Waals surface area contributed by atoms with Crippen LogP contribution in [-0.2, 0) is 11.2 Å². The molecule has 0 bridgehead atoms. The van der Waals surface area contributed by atoms with E-state index in [2.05, 4.69) is 6.92 Å². The van der Waals surface area contributed by atoms with Gasteiger partial charge in [0.15, 0.2) is 0 Å². The maximum absolute atomic E-state index is 12.5. The Morgan fingerprint density at radius 1 is 0.926 bits per heavy atom. The van der Waals surface area contributed by atoms with Crippen LogP contribution in [0, 0.1) is 13.8 Å². The molecule has 4 nitrogen and oxygen atoms in total. The van der Waals surface area contributed by atoms with Crippen LogP contribution < -0.4 is 9.47 Å². The van der Waals surface area contributed by atoms with Crippen LogP contribution in [0.1, 0.15) is 53.2 Å². The summed E-state index contributed by atoms with van der Waals surface area (Å²) in [4.78, 5) is 12.5. The molecule has 27 heavy (non-hydrogen) atoms. The zero-order valence-corrected chi connectivity index (χ0v) is 17.3. The molecule has 0 fully saturated rings. The molecule has 0 saturated heterocycles. The van der Waals surface area contributed by atoms with Crippen molar-refractivity contribution in [1.82, 2.24) is 0 Å². The monoisotopic (exact) mass is 370 g/mol. The molecule has 0 aliphatic rings. The lowest BCUT2D eigenvalue weighted by molar-refractivity contribution is 0.0601. The van der Waals surface area contributed by atoms with Gasteiger partial charge in [0.2, 0.25) is 0 Å². The van der Waals surface area contributed by atoms with E-state index in [4.69, 9.17) is 14.2 Å². The van der Waals surface area contributed by atoms with Gasteiger partial charge in [-0.1, -0.05) is 37.5 Å². The number of methoxy groups -OCH3 is 3. The molecule has 0 heterocycles. The Labute approximate surface area is 162 Å². The standard InChI is InChI=1S/C23H30O4/c1-7-8-9-10-17-13-19(25-4)22(20(14-17)26-5)18-12-15(2)11-16(3)21(18)23(24)27-6/h11-14H,7-10H2,1-6H3. The lowest BCUT2D eigenvalue weighted by Crippen LogP contribution is -2.08. The second kappa shape index (κ2) is 9.45. The number of carbonyl (C=O) groups is 1. The van der Waals surface area contributed by atoms with Gasteiger partial charge in [-0.3, -0.25) is 0 Å². The van der Waals surface area contributed by atoms with Crippen molar-refractivity contribution >= 4 is 5.97 Å². The van der Waals surface area contributed by atoms with Crippen molar-refractivity contribution in [3.63, 3.8) is 0 Å². The van der Waals surface area contributed by atoms with Gasteiger partial charge in [-0.05, 0) is 49.9 Å². The molecule has 0 saturated carbocycles. The Balaban J connectivity index is 2.69. The molecule has 0 aliphatic carbocycles. The number of esters is 1. The normalized spacial score (nSPS) is 10.6. The molecule has 4 heteroatoms. The lowest BCUT2D eigenvalue weighted by Gasteiger charge is -2.19. The third-order valence-electron chi connectivity index (χ3n) is 4.77. The van der Waals surface area contributed by atoms with Gasteiger partial charge in [0.1, 0.15) is 11.5 Å². The molecule has 2 aromatic carbocycles.